The van der Waals surface area contributed by atoms with Gasteiger partial charge in [-0.25, -0.2) is 9.50 Å². The molecule has 1 saturated heterocycles. The van der Waals surface area contributed by atoms with Crippen molar-refractivity contribution in [3.8, 4) is 22.4 Å². The molecule has 0 bridgehead atoms. The molecule has 6 heteroatoms. The third-order valence-electron chi connectivity index (χ3n) is 6.15. The molecule has 0 N–H and O–H groups in total. The average Bonchev–Trinajstić information content (AvgIpc) is 3.22. The van der Waals surface area contributed by atoms with E-state index < -0.39 is 0 Å². The van der Waals surface area contributed by atoms with Crippen LogP contribution in [0, 0.1) is 0 Å². The predicted octanol–water partition coefficient (Wildman–Crippen LogP) is 4.47. The number of fused-ring (bicyclic) bond motifs is 1. The van der Waals surface area contributed by atoms with Crippen LogP contribution in [0.1, 0.15) is 41.7 Å². The number of hydrogen-bond acceptors (Lipinski definition) is 5. The Bertz CT molecular complexity index is 1220. The first-order valence-electron chi connectivity index (χ1n) is 10.7. The molecule has 3 aromatic heterocycles. The number of benzene rings is 1. The monoisotopic (exact) mass is 411 g/mol. The number of carbonyl (C=O) groups excluding carboxylic acids is 1. The third-order valence-corrected chi connectivity index (χ3v) is 6.15. The van der Waals surface area contributed by atoms with Gasteiger partial charge in [0.25, 0.3) is 0 Å². The highest BCUT2D eigenvalue weighted by atomic mass is 16.1. The normalized spacial score (nSPS) is 15.4. The van der Waals surface area contributed by atoms with Gasteiger partial charge in [-0.05, 0) is 46.0 Å². The van der Waals surface area contributed by atoms with Gasteiger partial charge in [0.2, 0.25) is 0 Å². The maximum atomic E-state index is 12.4. The Morgan fingerprint density at radius 2 is 1.77 bits per heavy atom. The van der Waals surface area contributed by atoms with Crippen molar-refractivity contribution in [2.45, 2.75) is 25.7 Å². The summed E-state index contributed by atoms with van der Waals surface area (Å²) in [5.41, 5.74) is 6.26. The topological polar surface area (TPSA) is 63.4 Å². The Morgan fingerprint density at radius 1 is 1.00 bits per heavy atom. The van der Waals surface area contributed by atoms with E-state index in [1.165, 1.54) is 0 Å². The molecule has 4 heterocycles. The fourth-order valence-corrected chi connectivity index (χ4v) is 4.33. The summed E-state index contributed by atoms with van der Waals surface area (Å²) < 4.78 is 1.72. The van der Waals surface area contributed by atoms with Crippen LogP contribution in [0.15, 0.2) is 61.1 Å². The summed E-state index contributed by atoms with van der Waals surface area (Å²) in [4.78, 5) is 24.3. The van der Waals surface area contributed by atoms with E-state index in [4.69, 9.17) is 4.98 Å². The fraction of sp³-hybridized carbons (Fsp3) is 0.280. The van der Waals surface area contributed by atoms with Crippen LogP contribution in [0.5, 0.6) is 0 Å². The van der Waals surface area contributed by atoms with Crippen molar-refractivity contribution in [2.24, 2.45) is 0 Å². The third kappa shape index (κ3) is 3.75. The number of nitrogens with zero attached hydrogens (tertiary/aromatic N) is 5. The van der Waals surface area contributed by atoms with E-state index >= 15 is 0 Å². The summed E-state index contributed by atoms with van der Waals surface area (Å²) in [6, 6.07) is 14.2. The van der Waals surface area contributed by atoms with E-state index in [9.17, 15) is 4.79 Å². The van der Waals surface area contributed by atoms with Crippen LogP contribution in [0.4, 0.5) is 0 Å². The highest BCUT2D eigenvalue weighted by Crippen LogP contribution is 2.32. The summed E-state index contributed by atoms with van der Waals surface area (Å²) >= 11 is 0. The average molecular weight is 412 g/mol. The molecule has 0 radical (unpaired) electrons. The van der Waals surface area contributed by atoms with E-state index in [2.05, 4.69) is 40.2 Å². The molecule has 1 aliphatic rings. The van der Waals surface area contributed by atoms with Gasteiger partial charge >= 0.3 is 0 Å². The minimum atomic E-state index is 0.0364. The minimum absolute atomic E-state index is 0.0364. The smallest absolute Gasteiger partial charge is 0.163 e. The molecule has 0 unspecified atom stereocenters. The Labute approximate surface area is 181 Å². The van der Waals surface area contributed by atoms with Crippen molar-refractivity contribution in [3.63, 3.8) is 0 Å². The number of likely N-dealkylation sites (tertiary alicyclic amines) is 1. The molecule has 0 aliphatic carbocycles. The van der Waals surface area contributed by atoms with Crippen molar-refractivity contribution in [1.82, 2.24) is 24.5 Å². The highest BCUT2D eigenvalue weighted by molar-refractivity contribution is 5.95. The molecule has 0 amide bonds. The van der Waals surface area contributed by atoms with E-state index in [0.29, 0.717) is 11.5 Å². The molecule has 1 fully saturated rings. The van der Waals surface area contributed by atoms with Gasteiger partial charge in [-0.1, -0.05) is 36.4 Å². The van der Waals surface area contributed by atoms with Crippen LogP contribution in [0.25, 0.3) is 28.0 Å². The summed E-state index contributed by atoms with van der Waals surface area (Å²) in [7, 11) is 2.14. The molecule has 4 aromatic rings. The lowest BCUT2D eigenvalue weighted by Crippen LogP contribution is -2.30. The van der Waals surface area contributed by atoms with Gasteiger partial charge in [0.1, 0.15) is 0 Å². The van der Waals surface area contributed by atoms with E-state index in [1.807, 2.05) is 42.9 Å². The molecule has 0 atom stereocenters. The molecule has 5 rings (SSSR count). The summed E-state index contributed by atoms with van der Waals surface area (Å²) in [5.74, 6) is 0.329. The number of aromatic nitrogens is 4. The van der Waals surface area contributed by atoms with Gasteiger partial charge < -0.3 is 4.90 Å². The number of hydrogen-bond donors (Lipinski definition) is 0. The maximum Gasteiger partial charge on any atom is 0.163 e. The largest absolute Gasteiger partial charge is 0.306 e. The fourth-order valence-electron chi connectivity index (χ4n) is 4.33. The lowest BCUT2D eigenvalue weighted by atomic mass is 9.90. The number of Topliss-reactive ketones (excluding diaryl/α,β-unsaturated/α-hetero) is 1. The summed E-state index contributed by atoms with van der Waals surface area (Å²) in [6.07, 6.45) is 7.54. The predicted molar refractivity (Wildman–Crippen MR) is 121 cm³/mol. The van der Waals surface area contributed by atoms with Gasteiger partial charge in [-0.15, -0.1) is 0 Å². The van der Waals surface area contributed by atoms with Crippen LogP contribution in [0.3, 0.4) is 0 Å². The molecular weight excluding hydrogens is 386 g/mol. The van der Waals surface area contributed by atoms with Gasteiger partial charge in [-0.2, -0.15) is 5.10 Å². The minimum Gasteiger partial charge on any atom is -0.306 e. The number of pyridine rings is 1. The van der Waals surface area contributed by atoms with Crippen molar-refractivity contribution in [2.75, 3.05) is 20.1 Å². The number of ketones is 1. The number of rotatable bonds is 4. The van der Waals surface area contributed by atoms with Gasteiger partial charge in [-0.3, -0.25) is 9.78 Å². The zero-order valence-corrected chi connectivity index (χ0v) is 17.8. The zero-order chi connectivity index (χ0) is 21.4. The van der Waals surface area contributed by atoms with Gasteiger partial charge in [0, 0.05) is 35.0 Å². The molecule has 6 nitrogen and oxygen atoms in total. The first kappa shape index (κ1) is 19.6. The highest BCUT2D eigenvalue weighted by Gasteiger charge is 2.25. The molecule has 0 spiro atoms. The lowest BCUT2D eigenvalue weighted by Gasteiger charge is -2.29. The molecule has 1 aliphatic heterocycles. The Hall–Kier alpha value is -3.38. The first-order valence-corrected chi connectivity index (χ1v) is 10.7. The van der Waals surface area contributed by atoms with E-state index in [1.54, 1.807) is 11.4 Å². The van der Waals surface area contributed by atoms with Crippen LogP contribution in [0.2, 0.25) is 0 Å². The second-order valence-electron chi connectivity index (χ2n) is 8.30. The molecular formula is C25H25N5O. The van der Waals surface area contributed by atoms with E-state index in [-0.39, 0.29) is 5.78 Å². The molecule has 31 heavy (non-hydrogen) atoms. The SMILES string of the molecule is CC(=O)c1cn2ncc(-c3ccc(-c4ccccc4)nc3)c2nc1C1CCN(C)CC1. The van der Waals surface area contributed by atoms with Crippen molar-refractivity contribution < 1.29 is 4.79 Å². The second-order valence-corrected chi connectivity index (χ2v) is 8.30. The van der Waals surface area contributed by atoms with Crippen LogP contribution in [-0.4, -0.2) is 50.4 Å². The standard InChI is InChI=1S/C25H25N5O/c1-17(31)22-16-30-25(28-24(22)19-10-12-29(2)13-11-19)21(15-27-30)20-8-9-23(26-14-20)18-6-4-3-5-7-18/h3-9,14-16,19H,10-13H2,1-2H3. The molecule has 156 valence electrons. The van der Waals surface area contributed by atoms with Crippen molar-refractivity contribution >= 4 is 11.4 Å². The molecule has 1 aromatic carbocycles. The first-order chi connectivity index (χ1) is 15.1. The summed E-state index contributed by atoms with van der Waals surface area (Å²) in [6.45, 7) is 3.65. The Balaban J connectivity index is 1.55. The Kier molecular flexibility index (Phi) is 5.08. The molecule has 0 saturated carbocycles. The number of carbonyl (C=O) groups is 1. The number of piperidine rings is 1. The maximum absolute atomic E-state index is 12.4. The van der Waals surface area contributed by atoms with Gasteiger partial charge in [0.05, 0.1) is 23.1 Å². The lowest BCUT2D eigenvalue weighted by molar-refractivity contribution is 0.101. The van der Waals surface area contributed by atoms with Crippen LogP contribution in [-0.2, 0) is 0 Å². The quantitative estimate of drug-likeness (QED) is 0.464. The summed E-state index contributed by atoms with van der Waals surface area (Å²) in [5, 5.41) is 4.48. The van der Waals surface area contributed by atoms with Crippen molar-refractivity contribution in [1.29, 1.82) is 0 Å². The van der Waals surface area contributed by atoms with E-state index in [0.717, 1.165) is 59.7 Å². The second kappa shape index (κ2) is 8.04. The Morgan fingerprint density at radius 3 is 2.45 bits per heavy atom. The van der Waals surface area contributed by atoms with Crippen LogP contribution < -0.4 is 0 Å². The van der Waals surface area contributed by atoms with Crippen molar-refractivity contribution in [3.05, 3.63) is 72.3 Å². The van der Waals surface area contributed by atoms with Crippen LogP contribution >= 0.6 is 0 Å². The van der Waals surface area contributed by atoms with Gasteiger partial charge in [0.15, 0.2) is 11.4 Å². The zero-order valence-electron chi connectivity index (χ0n) is 17.8.